The van der Waals surface area contributed by atoms with Crippen LogP contribution in [-0.4, -0.2) is 12.5 Å². The quantitative estimate of drug-likeness (QED) is 0.644. The average Bonchev–Trinajstić information content (AvgIpc) is 1.97. The number of benzene rings is 1. The van der Waals surface area contributed by atoms with Crippen molar-refractivity contribution in [2.24, 2.45) is 4.36 Å². The van der Waals surface area contributed by atoms with Gasteiger partial charge >= 0.3 is 0 Å². The zero-order chi connectivity index (χ0) is 9.14. The van der Waals surface area contributed by atoms with Crippen molar-refractivity contribution in [1.82, 2.24) is 0 Å². The Hall–Kier alpha value is -0.770. The summed E-state index contributed by atoms with van der Waals surface area (Å²) in [5, 5.41) is 0. The molecule has 0 radical (unpaired) electrons. The molecule has 1 aromatic rings. The standard InChI is InChI=1S/C8H9F2NS/c1-12(2)11-8-6(9)4-3-5-7(8)10/h3-5H,1-2H3. The Morgan fingerprint density at radius 3 is 2.08 bits per heavy atom. The van der Waals surface area contributed by atoms with Crippen LogP contribution in [-0.2, 0) is 10.7 Å². The lowest BCUT2D eigenvalue weighted by molar-refractivity contribution is 0.588. The highest BCUT2D eigenvalue weighted by Gasteiger charge is 2.05. The zero-order valence-corrected chi connectivity index (χ0v) is 7.66. The van der Waals surface area contributed by atoms with Crippen LogP contribution >= 0.6 is 0 Å². The van der Waals surface area contributed by atoms with Crippen molar-refractivity contribution in [1.29, 1.82) is 0 Å². The van der Waals surface area contributed by atoms with Gasteiger partial charge in [0.15, 0.2) is 11.6 Å². The molecular formula is C8H9F2NS. The summed E-state index contributed by atoms with van der Waals surface area (Å²) in [6.07, 6.45) is 3.60. The highest BCUT2D eigenvalue weighted by molar-refractivity contribution is 7.85. The van der Waals surface area contributed by atoms with E-state index in [1.807, 2.05) is 0 Å². The summed E-state index contributed by atoms with van der Waals surface area (Å²) in [5.41, 5.74) is -0.161. The van der Waals surface area contributed by atoms with Crippen LogP contribution in [0, 0.1) is 11.6 Å². The van der Waals surface area contributed by atoms with E-state index < -0.39 is 11.6 Å². The molecule has 0 aliphatic carbocycles. The van der Waals surface area contributed by atoms with E-state index >= 15 is 0 Å². The molecule has 4 heteroatoms. The van der Waals surface area contributed by atoms with Crippen LogP contribution < -0.4 is 0 Å². The fourth-order valence-electron chi connectivity index (χ4n) is 0.759. The summed E-state index contributed by atoms with van der Waals surface area (Å²) in [7, 11) is -0.342. The Morgan fingerprint density at radius 1 is 1.17 bits per heavy atom. The summed E-state index contributed by atoms with van der Waals surface area (Å²) in [6, 6.07) is 3.73. The second-order valence-corrected chi connectivity index (χ2v) is 4.16. The maximum Gasteiger partial charge on any atom is 0.152 e. The van der Waals surface area contributed by atoms with E-state index in [0.29, 0.717) is 0 Å². The maximum absolute atomic E-state index is 12.9. The zero-order valence-electron chi connectivity index (χ0n) is 6.84. The van der Waals surface area contributed by atoms with E-state index in [-0.39, 0.29) is 16.4 Å². The van der Waals surface area contributed by atoms with E-state index in [1.54, 1.807) is 12.5 Å². The van der Waals surface area contributed by atoms with Crippen molar-refractivity contribution in [2.45, 2.75) is 0 Å². The second-order valence-electron chi connectivity index (χ2n) is 2.43. The highest BCUT2D eigenvalue weighted by atomic mass is 32.2. The van der Waals surface area contributed by atoms with Gasteiger partial charge in [0.05, 0.1) is 0 Å². The summed E-state index contributed by atoms with van der Waals surface area (Å²) in [5.74, 6) is -1.20. The third-order valence-electron chi connectivity index (χ3n) is 1.21. The van der Waals surface area contributed by atoms with E-state index in [2.05, 4.69) is 4.36 Å². The molecule has 0 heterocycles. The van der Waals surface area contributed by atoms with Gasteiger partial charge in [0.25, 0.3) is 0 Å². The first-order valence-electron chi connectivity index (χ1n) is 3.34. The van der Waals surface area contributed by atoms with E-state index in [1.165, 1.54) is 18.2 Å². The van der Waals surface area contributed by atoms with Gasteiger partial charge in [-0.05, 0) is 24.6 Å². The molecular weight excluding hydrogens is 180 g/mol. The Bertz CT molecular complexity index is 299. The Balaban J connectivity index is 3.22. The van der Waals surface area contributed by atoms with Crippen molar-refractivity contribution in [3.8, 4) is 0 Å². The number of halogens is 2. The van der Waals surface area contributed by atoms with Crippen LogP contribution in [0.2, 0.25) is 0 Å². The normalized spacial score (nSPS) is 10.4. The van der Waals surface area contributed by atoms with Gasteiger partial charge in [0.1, 0.15) is 5.69 Å². The minimum Gasteiger partial charge on any atom is -0.222 e. The molecule has 0 saturated carbocycles. The molecule has 0 aliphatic rings. The smallest absolute Gasteiger partial charge is 0.152 e. The predicted molar refractivity (Wildman–Crippen MR) is 47.7 cm³/mol. The molecule has 0 aliphatic heterocycles. The maximum atomic E-state index is 12.9. The fraction of sp³-hybridized carbons (Fsp3) is 0.250. The first kappa shape index (κ1) is 9.32. The van der Waals surface area contributed by atoms with E-state index in [4.69, 9.17) is 0 Å². The Kier molecular flexibility index (Phi) is 2.92. The molecule has 0 N–H and O–H groups in total. The molecule has 0 atom stereocenters. The second kappa shape index (κ2) is 3.76. The van der Waals surface area contributed by atoms with Crippen molar-refractivity contribution in [3.63, 3.8) is 0 Å². The van der Waals surface area contributed by atoms with Gasteiger partial charge in [-0.3, -0.25) is 0 Å². The molecule has 0 spiro atoms. The van der Waals surface area contributed by atoms with Crippen LogP contribution in [0.4, 0.5) is 14.5 Å². The van der Waals surface area contributed by atoms with Gasteiger partial charge in [0.2, 0.25) is 0 Å². The van der Waals surface area contributed by atoms with Crippen LogP contribution in [0.1, 0.15) is 0 Å². The number of hydrogen-bond donors (Lipinski definition) is 0. The molecule has 0 amide bonds. The minimum atomic E-state index is -0.601. The third kappa shape index (κ3) is 2.11. The first-order chi connectivity index (χ1) is 5.61. The minimum absolute atomic E-state index is 0.161. The van der Waals surface area contributed by atoms with E-state index in [0.717, 1.165) is 0 Å². The molecule has 1 aromatic carbocycles. The number of hydrogen-bond acceptors (Lipinski definition) is 1. The van der Waals surface area contributed by atoms with Crippen molar-refractivity contribution in [3.05, 3.63) is 29.8 Å². The topological polar surface area (TPSA) is 12.4 Å². The average molecular weight is 189 g/mol. The van der Waals surface area contributed by atoms with E-state index in [9.17, 15) is 8.78 Å². The summed E-state index contributed by atoms with van der Waals surface area (Å²) in [6.45, 7) is 0. The molecule has 12 heavy (non-hydrogen) atoms. The summed E-state index contributed by atoms with van der Waals surface area (Å²) < 4.78 is 29.6. The number of rotatable bonds is 1. The summed E-state index contributed by atoms with van der Waals surface area (Å²) in [4.78, 5) is 0. The first-order valence-corrected chi connectivity index (χ1v) is 5.34. The van der Waals surface area contributed by atoms with Crippen LogP contribution in [0.3, 0.4) is 0 Å². The predicted octanol–water partition coefficient (Wildman–Crippen LogP) is 2.66. The van der Waals surface area contributed by atoms with Gasteiger partial charge in [-0.25, -0.2) is 13.1 Å². The molecule has 0 bridgehead atoms. The molecule has 0 saturated heterocycles. The Labute approximate surface area is 72.5 Å². The largest absolute Gasteiger partial charge is 0.222 e. The van der Waals surface area contributed by atoms with Gasteiger partial charge in [-0.2, -0.15) is 0 Å². The lowest BCUT2D eigenvalue weighted by Gasteiger charge is -1.98. The van der Waals surface area contributed by atoms with Crippen molar-refractivity contribution in [2.75, 3.05) is 12.5 Å². The number of nitrogens with zero attached hydrogens (tertiary/aromatic N) is 1. The molecule has 1 nitrogen and oxygen atoms in total. The fourth-order valence-corrected chi connectivity index (χ4v) is 1.30. The SMILES string of the molecule is CS(C)=Nc1c(F)cccc1F. The monoisotopic (exact) mass is 189 g/mol. The molecule has 0 fully saturated rings. The third-order valence-corrected chi connectivity index (χ3v) is 1.76. The van der Waals surface area contributed by atoms with Crippen LogP contribution in [0.25, 0.3) is 0 Å². The summed E-state index contributed by atoms with van der Waals surface area (Å²) >= 11 is 0. The van der Waals surface area contributed by atoms with Gasteiger partial charge < -0.3 is 0 Å². The molecule has 1 rings (SSSR count). The van der Waals surface area contributed by atoms with Crippen molar-refractivity contribution >= 4 is 16.4 Å². The highest BCUT2D eigenvalue weighted by Crippen LogP contribution is 2.21. The van der Waals surface area contributed by atoms with Crippen LogP contribution in [0.5, 0.6) is 0 Å². The Morgan fingerprint density at radius 2 is 1.67 bits per heavy atom. The lowest BCUT2D eigenvalue weighted by Crippen LogP contribution is -1.84. The molecule has 0 aromatic heterocycles. The van der Waals surface area contributed by atoms with Gasteiger partial charge in [-0.15, -0.1) is 10.7 Å². The van der Waals surface area contributed by atoms with Crippen LogP contribution in [0.15, 0.2) is 22.6 Å². The van der Waals surface area contributed by atoms with Gasteiger partial charge in [-0.1, -0.05) is 6.07 Å². The molecule has 66 valence electrons. The van der Waals surface area contributed by atoms with Gasteiger partial charge in [0, 0.05) is 0 Å². The lowest BCUT2D eigenvalue weighted by atomic mass is 10.3. The van der Waals surface area contributed by atoms with Crippen molar-refractivity contribution < 1.29 is 8.78 Å². The molecule has 0 unspecified atom stereocenters.